The van der Waals surface area contributed by atoms with Gasteiger partial charge in [-0.25, -0.2) is 0 Å². The first-order valence-electron chi connectivity index (χ1n) is 6.82. The van der Waals surface area contributed by atoms with E-state index in [2.05, 4.69) is 16.1 Å². The molecule has 0 N–H and O–H groups in total. The second-order valence-electron chi connectivity index (χ2n) is 4.64. The second kappa shape index (κ2) is 6.64. The lowest BCUT2D eigenvalue weighted by Crippen LogP contribution is -2.07. The van der Waals surface area contributed by atoms with Crippen molar-refractivity contribution < 1.29 is 14.3 Å². The Labute approximate surface area is 128 Å². The molecule has 0 spiro atoms. The summed E-state index contributed by atoms with van der Waals surface area (Å²) in [4.78, 5) is 9.40. The van der Waals surface area contributed by atoms with Crippen molar-refractivity contribution in [3.8, 4) is 23.8 Å². The Morgan fingerprint density at radius 1 is 1.23 bits per heavy atom. The third-order valence-corrected chi connectivity index (χ3v) is 3.09. The summed E-state index contributed by atoms with van der Waals surface area (Å²) in [6.45, 7) is 0.255. The van der Waals surface area contributed by atoms with Gasteiger partial charge in [0.1, 0.15) is 18.1 Å². The molecule has 3 rings (SSSR count). The van der Waals surface area contributed by atoms with Gasteiger partial charge in [0, 0.05) is 6.20 Å². The van der Waals surface area contributed by atoms with Crippen molar-refractivity contribution in [1.82, 2.24) is 4.98 Å². The number of aromatic nitrogens is 1. The zero-order valence-electron chi connectivity index (χ0n) is 11.8. The molecule has 0 fully saturated rings. The van der Waals surface area contributed by atoms with Crippen molar-refractivity contribution in [3.05, 3.63) is 54.4 Å². The molecule has 1 aromatic heterocycles. The Bertz CT molecular complexity index is 690. The molecule has 1 aromatic carbocycles. The maximum Gasteiger partial charge on any atom is 0.235 e. The van der Waals surface area contributed by atoms with Crippen molar-refractivity contribution in [2.24, 2.45) is 5.16 Å². The van der Waals surface area contributed by atoms with Crippen LogP contribution in [0.1, 0.15) is 18.1 Å². The molecule has 5 nitrogen and oxygen atoms in total. The van der Waals surface area contributed by atoms with Crippen molar-refractivity contribution >= 4 is 5.90 Å². The zero-order valence-corrected chi connectivity index (χ0v) is 11.8. The fourth-order valence-corrected chi connectivity index (χ4v) is 2.04. The van der Waals surface area contributed by atoms with Gasteiger partial charge in [-0.1, -0.05) is 23.2 Å². The minimum absolute atomic E-state index is 0.159. The summed E-state index contributed by atoms with van der Waals surface area (Å²) in [5, 5.41) is 3.97. The molecule has 0 unspecified atom stereocenters. The lowest BCUT2D eigenvalue weighted by atomic mass is 10.1. The number of hydrogen-bond donors (Lipinski definition) is 0. The Morgan fingerprint density at radius 2 is 2.09 bits per heavy atom. The molecule has 0 aliphatic carbocycles. The normalized spacial score (nSPS) is 16.3. The molecule has 0 saturated carbocycles. The highest BCUT2D eigenvalue weighted by Crippen LogP contribution is 2.29. The molecular weight excluding hydrogens is 280 g/mol. The lowest BCUT2D eigenvalue weighted by molar-refractivity contribution is 0.0855. The van der Waals surface area contributed by atoms with Gasteiger partial charge in [-0.2, -0.15) is 0 Å². The molecule has 0 bridgehead atoms. The molecule has 0 amide bonds. The molecule has 1 aliphatic rings. The molecule has 22 heavy (non-hydrogen) atoms. The summed E-state index contributed by atoms with van der Waals surface area (Å²) in [5.74, 6) is 4.33. The average molecular weight is 294 g/mol. The molecule has 2 heterocycles. The van der Waals surface area contributed by atoms with Crippen LogP contribution >= 0.6 is 0 Å². The van der Waals surface area contributed by atoms with Crippen LogP contribution in [-0.4, -0.2) is 17.5 Å². The van der Waals surface area contributed by atoms with Crippen molar-refractivity contribution in [2.45, 2.75) is 12.5 Å². The quantitative estimate of drug-likeness (QED) is 0.814. The SMILES string of the molecule is C#CCOc1ccc([C@@H]2CC(Oc3cccnc3)=NO2)cc1. The summed E-state index contributed by atoms with van der Waals surface area (Å²) in [6.07, 6.45) is 8.89. The van der Waals surface area contributed by atoms with Crippen LogP contribution in [0.2, 0.25) is 0 Å². The summed E-state index contributed by atoms with van der Waals surface area (Å²) >= 11 is 0. The average Bonchev–Trinajstić information content (AvgIpc) is 3.03. The smallest absolute Gasteiger partial charge is 0.235 e. The molecule has 5 heteroatoms. The Balaban J connectivity index is 1.58. The van der Waals surface area contributed by atoms with Gasteiger partial charge in [0.25, 0.3) is 0 Å². The van der Waals surface area contributed by atoms with Crippen LogP contribution in [0.3, 0.4) is 0 Å². The van der Waals surface area contributed by atoms with Gasteiger partial charge in [0.05, 0.1) is 12.6 Å². The van der Waals surface area contributed by atoms with Crippen LogP contribution in [0.15, 0.2) is 53.9 Å². The highest BCUT2D eigenvalue weighted by atomic mass is 16.7. The van der Waals surface area contributed by atoms with E-state index < -0.39 is 0 Å². The minimum Gasteiger partial charge on any atom is -0.481 e. The van der Waals surface area contributed by atoms with Crippen LogP contribution in [0.5, 0.6) is 11.5 Å². The van der Waals surface area contributed by atoms with E-state index in [1.807, 2.05) is 30.3 Å². The molecule has 0 radical (unpaired) electrons. The summed E-state index contributed by atoms with van der Waals surface area (Å²) in [6, 6.07) is 11.2. The number of benzene rings is 1. The highest BCUT2D eigenvalue weighted by Gasteiger charge is 2.24. The van der Waals surface area contributed by atoms with E-state index >= 15 is 0 Å². The fraction of sp³-hybridized carbons (Fsp3) is 0.176. The van der Waals surface area contributed by atoms with Crippen molar-refractivity contribution in [3.63, 3.8) is 0 Å². The molecule has 0 saturated heterocycles. The maximum absolute atomic E-state index is 5.62. The monoisotopic (exact) mass is 294 g/mol. The van der Waals surface area contributed by atoms with E-state index in [9.17, 15) is 0 Å². The number of terminal acetylenes is 1. The van der Waals surface area contributed by atoms with E-state index in [0.717, 1.165) is 11.3 Å². The predicted octanol–water partition coefficient (Wildman–Crippen LogP) is 2.95. The number of oxime groups is 1. The van der Waals surface area contributed by atoms with Gasteiger partial charge in [-0.3, -0.25) is 4.98 Å². The van der Waals surface area contributed by atoms with Gasteiger partial charge in [0.2, 0.25) is 5.90 Å². The first-order chi connectivity index (χ1) is 10.8. The zero-order chi connectivity index (χ0) is 15.2. The van der Waals surface area contributed by atoms with Gasteiger partial charge in [-0.15, -0.1) is 6.42 Å². The fourth-order valence-electron chi connectivity index (χ4n) is 2.04. The molecular formula is C17H14N2O3. The molecule has 1 atom stereocenters. The van der Waals surface area contributed by atoms with E-state index in [1.165, 1.54) is 0 Å². The van der Waals surface area contributed by atoms with Crippen LogP contribution in [-0.2, 0) is 4.84 Å². The van der Waals surface area contributed by atoms with E-state index in [0.29, 0.717) is 18.1 Å². The van der Waals surface area contributed by atoms with Crippen LogP contribution in [0.25, 0.3) is 0 Å². The topological polar surface area (TPSA) is 52.9 Å². The van der Waals surface area contributed by atoms with Gasteiger partial charge >= 0.3 is 0 Å². The minimum atomic E-state index is -0.159. The Hall–Kier alpha value is -3.00. The van der Waals surface area contributed by atoms with Gasteiger partial charge in [-0.05, 0) is 29.8 Å². The first kappa shape index (κ1) is 14.0. The Morgan fingerprint density at radius 3 is 2.82 bits per heavy atom. The molecule has 1 aliphatic heterocycles. The van der Waals surface area contributed by atoms with Gasteiger partial charge < -0.3 is 14.3 Å². The highest BCUT2D eigenvalue weighted by molar-refractivity contribution is 5.79. The first-order valence-corrected chi connectivity index (χ1v) is 6.82. The Kier molecular flexibility index (Phi) is 4.21. The third kappa shape index (κ3) is 3.36. The number of rotatable bonds is 4. The van der Waals surface area contributed by atoms with Crippen LogP contribution in [0.4, 0.5) is 0 Å². The maximum atomic E-state index is 5.62. The van der Waals surface area contributed by atoms with E-state index in [1.54, 1.807) is 18.5 Å². The predicted molar refractivity (Wildman–Crippen MR) is 81.5 cm³/mol. The van der Waals surface area contributed by atoms with E-state index in [-0.39, 0.29) is 12.7 Å². The standard InChI is InChI=1S/C17H14N2O3/c1-2-10-20-14-7-5-13(6-8-14)16-11-17(19-22-16)21-15-4-3-9-18-12-15/h1,3-9,12,16H,10-11H2/t16-/m0/s1. The summed E-state index contributed by atoms with van der Waals surface area (Å²) < 4.78 is 11.0. The number of ether oxygens (including phenoxy) is 2. The van der Waals surface area contributed by atoms with E-state index in [4.69, 9.17) is 20.7 Å². The van der Waals surface area contributed by atoms with Crippen LogP contribution < -0.4 is 9.47 Å². The lowest BCUT2D eigenvalue weighted by Gasteiger charge is -2.09. The summed E-state index contributed by atoms with van der Waals surface area (Å²) in [7, 11) is 0. The number of hydrogen-bond acceptors (Lipinski definition) is 5. The van der Waals surface area contributed by atoms with Crippen molar-refractivity contribution in [2.75, 3.05) is 6.61 Å². The number of pyridine rings is 1. The number of nitrogens with zero attached hydrogens (tertiary/aromatic N) is 2. The summed E-state index contributed by atoms with van der Waals surface area (Å²) in [5.41, 5.74) is 1.00. The largest absolute Gasteiger partial charge is 0.481 e. The molecule has 110 valence electrons. The van der Waals surface area contributed by atoms with Gasteiger partial charge in [0.15, 0.2) is 6.10 Å². The second-order valence-corrected chi connectivity index (χ2v) is 4.64. The van der Waals surface area contributed by atoms with Crippen molar-refractivity contribution in [1.29, 1.82) is 0 Å². The van der Waals surface area contributed by atoms with Crippen LogP contribution in [0, 0.1) is 12.3 Å². The molecule has 2 aromatic rings. The third-order valence-electron chi connectivity index (χ3n) is 3.09.